The summed E-state index contributed by atoms with van der Waals surface area (Å²) in [6, 6.07) is 10.4. The molecule has 1 aliphatic carbocycles. The van der Waals surface area contributed by atoms with E-state index in [-0.39, 0.29) is 0 Å². The molecule has 1 heteroatoms. The van der Waals surface area contributed by atoms with E-state index in [1.54, 1.807) is 0 Å². The Morgan fingerprint density at radius 2 is 1.71 bits per heavy atom. The molecule has 0 unspecified atom stereocenters. The quantitative estimate of drug-likeness (QED) is 0.723. The second-order valence-corrected chi connectivity index (χ2v) is 4.09. The fraction of sp³-hybridized carbons (Fsp3) is 0.385. The van der Waals surface area contributed by atoms with E-state index < -0.39 is 5.60 Å². The molecule has 0 atom stereocenters. The van der Waals surface area contributed by atoms with Crippen LogP contribution in [0.3, 0.4) is 0 Å². The Balaban J connectivity index is 1.89. The Morgan fingerprint density at radius 3 is 2.36 bits per heavy atom. The maximum absolute atomic E-state index is 10.1. The highest BCUT2D eigenvalue weighted by Gasteiger charge is 2.26. The average Bonchev–Trinajstić information content (AvgIpc) is 2.65. The number of benzene rings is 1. The van der Waals surface area contributed by atoms with Crippen molar-refractivity contribution in [3.8, 4) is 0 Å². The summed E-state index contributed by atoms with van der Waals surface area (Å²) >= 11 is 0. The van der Waals surface area contributed by atoms with Gasteiger partial charge in [-0.3, -0.25) is 0 Å². The zero-order valence-corrected chi connectivity index (χ0v) is 8.32. The largest absolute Gasteiger partial charge is 0.389 e. The number of aryl methyl sites for hydroxylation is 1. The van der Waals surface area contributed by atoms with Crippen molar-refractivity contribution in [3.63, 3.8) is 0 Å². The van der Waals surface area contributed by atoms with E-state index in [9.17, 15) is 5.11 Å². The van der Waals surface area contributed by atoms with Crippen LogP contribution >= 0.6 is 0 Å². The van der Waals surface area contributed by atoms with Crippen molar-refractivity contribution in [3.05, 3.63) is 48.0 Å². The highest BCUT2D eigenvalue weighted by Crippen LogP contribution is 2.28. The van der Waals surface area contributed by atoms with Crippen LogP contribution in [0.1, 0.15) is 24.8 Å². The van der Waals surface area contributed by atoms with Gasteiger partial charge in [0.05, 0.1) is 5.60 Å². The molecule has 0 saturated carbocycles. The fourth-order valence-electron chi connectivity index (χ4n) is 1.91. The average molecular weight is 188 g/mol. The van der Waals surface area contributed by atoms with Crippen LogP contribution in [0.15, 0.2) is 42.5 Å². The normalized spacial score (nSPS) is 18.6. The van der Waals surface area contributed by atoms with Gasteiger partial charge in [-0.2, -0.15) is 0 Å². The van der Waals surface area contributed by atoms with E-state index in [1.165, 1.54) is 5.56 Å². The Bertz CT molecular complexity index is 305. The Morgan fingerprint density at radius 1 is 1.07 bits per heavy atom. The minimum atomic E-state index is -0.462. The summed E-state index contributed by atoms with van der Waals surface area (Å²) in [5.41, 5.74) is 0.850. The summed E-state index contributed by atoms with van der Waals surface area (Å²) in [4.78, 5) is 0. The summed E-state index contributed by atoms with van der Waals surface area (Å²) in [7, 11) is 0. The lowest BCUT2D eigenvalue weighted by Crippen LogP contribution is -2.25. The second-order valence-electron chi connectivity index (χ2n) is 4.09. The van der Waals surface area contributed by atoms with Crippen molar-refractivity contribution in [2.75, 3.05) is 0 Å². The van der Waals surface area contributed by atoms with Crippen LogP contribution in [0.4, 0.5) is 0 Å². The van der Waals surface area contributed by atoms with Gasteiger partial charge in [0.25, 0.3) is 0 Å². The molecule has 0 bridgehead atoms. The van der Waals surface area contributed by atoms with Gasteiger partial charge in [-0.25, -0.2) is 0 Å². The maximum atomic E-state index is 10.1. The van der Waals surface area contributed by atoms with E-state index >= 15 is 0 Å². The topological polar surface area (TPSA) is 20.2 Å². The predicted octanol–water partition coefficient (Wildman–Crippen LogP) is 2.70. The first-order chi connectivity index (χ1) is 6.79. The molecule has 0 fully saturated rings. The Kier molecular flexibility index (Phi) is 2.69. The number of hydrogen-bond acceptors (Lipinski definition) is 1. The van der Waals surface area contributed by atoms with Crippen molar-refractivity contribution >= 4 is 0 Å². The number of hydrogen-bond donors (Lipinski definition) is 1. The van der Waals surface area contributed by atoms with Crippen molar-refractivity contribution < 1.29 is 5.11 Å². The van der Waals surface area contributed by atoms with Gasteiger partial charge in [-0.05, 0) is 31.2 Å². The molecule has 14 heavy (non-hydrogen) atoms. The van der Waals surface area contributed by atoms with Crippen LogP contribution in [0.5, 0.6) is 0 Å². The molecule has 0 radical (unpaired) electrons. The van der Waals surface area contributed by atoms with Crippen molar-refractivity contribution in [1.29, 1.82) is 0 Å². The summed E-state index contributed by atoms with van der Waals surface area (Å²) in [5, 5.41) is 10.1. The van der Waals surface area contributed by atoms with Gasteiger partial charge < -0.3 is 5.11 Å². The Hall–Kier alpha value is -1.08. The fourth-order valence-corrected chi connectivity index (χ4v) is 1.91. The van der Waals surface area contributed by atoms with Crippen molar-refractivity contribution in [2.24, 2.45) is 0 Å². The zero-order valence-electron chi connectivity index (χ0n) is 8.32. The monoisotopic (exact) mass is 188 g/mol. The highest BCUT2D eigenvalue weighted by atomic mass is 16.3. The third kappa shape index (κ3) is 2.24. The van der Waals surface area contributed by atoms with E-state index in [0.29, 0.717) is 0 Å². The van der Waals surface area contributed by atoms with E-state index in [0.717, 1.165) is 25.7 Å². The highest BCUT2D eigenvalue weighted by molar-refractivity contribution is 5.16. The van der Waals surface area contributed by atoms with Gasteiger partial charge in [0.1, 0.15) is 0 Å². The number of aliphatic hydroxyl groups is 1. The molecule has 0 saturated heterocycles. The first kappa shape index (κ1) is 9.47. The molecule has 0 aliphatic heterocycles. The molecule has 74 valence electrons. The molecule has 0 amide bonds. The minimum Gasteiger partial charge on any atom is -0.389 e. The lowest BCUT2D eigenvalue weighted by molar-refractivity contribution is 0.0452. The first-order valence-electron chi connectivity index (χ1n) is 5.20. The van der Waals surface area contributed by atoms with Crippen molar-refractivity contribution in [1.82, 2.24) is 0 Å². The van der Waals surface area contributed by atoms with Crippen LogP contribution in [-0.2, 0) is 6.42 Å². The molecular formula is C13H16O. The molecular weight excluding hydrogens is 172 g/mol. The van der Waals surface area contributed by atoms with Crippen LogP contribution in [0.2, 0.25) is 0 Å². The first-order valence-corrected chi connectivity index (χ1v) is 5.20. The third-order valence-electron chi connectivity index (χ3n) is 2.88. The van der Waals surface area contributed by atoms with E-state index in [1.807, 2.05) is 18.2 Å². The summed E-state index contributed by atoms with van der Waals surface area (Å²) in [5.74, 6) is 0. The van der Waals surface area contributed by atoms with Gasteiger partial charge in [-0.15, -0.1) is 0 Å². The predicted molar refractivity (Wildman–Crippen MR) is 58.1 cm³/mol. The second kappa shape index (κ2) is 3.97. The van der Waals surface area contributed by atoms with Gasteiger partial charge in [0, 0.05) is 0 Å². The van der Waals surface area contributed by atoms with Gasteiger partial charge in [-0.1, -0.05) is 42.5 Å². The lowest BCUT2D eigenvalue weighted by Gasteiger charge is -2.21. The number of rotatable bonds is 3. The summed E-state index contributed by atoms with van der Waals surface area (Å²) < 4.78 is 0. The smallest absolute Gasteiger partial charge is 0.0719 e. The maximum Gasteiger partial charge on any atom is 0.0719 e. The zero-order chi connectivity index (χ0) is 9.86. The van der Waals surface area contributed by atoms with Crippen LogP contribution in [-0.4, -0.2) is 10.7 Å². The molecule has 0 aromatic heterocycles. The summed E-state index contributed by atoms with van der Waals surface area (Å²) in [6.45, 7) is 0. The molecule has 1 aliphatic rings. The van der Waals surface area contributed by atoms with Crippen LogP contribution < -0.4 is 0 Å². The standard InChI is InChI=1S/C13H16O/c14-13(9-4-5-10-13)11-8-12-6-2-1-3-7-12/h1-7,14H,8-11H2. The molecule has 2 rings (SSSR count). The Labute approximate surface area is 85.1 Å². The molecule has 1 N–H and O–H groups in total. The molecule has 1 aromatic carbocycles. The summed E-state index contributed by atoms with van der Waals surface area (Å²) in [6.07, 6.45) is 7.62. The van der Waals surface area contributed by atoms with Crippen LogP contribution in [0.25, 0.3) is 0 Å². The van der Waals surface area contributed by atoms with Crippen LogP contribution in [0, 0.1) is 0 Å². The molecule has 0 heterocycles. The lowest BCUT2D eigenvalue weighted by atomic mass is 9.93. The third-order valence-corrected chi connectivity index (χ3v) is 2.88. The van der Waals surface area contributed by atoms with E-state index in [4.69, 9.17) is 0 Å². The molecule has 1 aromatic rings. The van der Waals surface area contributed by atoms with Gasteiger partial charge in [0.2, 0.25) is 0 Å². The van der Waals surface area contributed by atoms with E-state index in [2.05, 4.69) is 24.3 Å². The SMILES string of the molecule is OC1(CCc2ccccc2)CC=CC1. The van der Waals surface area contributed by atoms with Gasteiger partial charge >= 0.3 is 0 Å². The molecule has 1 nitrogen and oxygen atoms in total. The van der Waals surface area contributed by atoms with Gasteiger partial charge in [0.15, 0.2) is 0 Å². The van der Waals surface area contributed by atoms with Crippen molar-refractivity contribution in [2.45, 2.75) is 31.3 Å². The molecule has 0 spiro atoms. The minimum absolute atomic E-state index is 0.462.